The van der Waals surface area contributed by atoms with E-state index in [-0.39, 0.29) is 5.95 Å². The molecule has 2 rings (SSSR count). The third-order valence-electron chi connectivity index (χ3n) is 1.36. The first kappa shape index (κ1) is 6.42. The van der Waals surface area contributed by atoms with Crippen LogP contribution in [0.2, 0.25) is 0 Å². The molecule has 0 aromatic carbocycles. The van der Waals surface area contributed by atoms with Gasteiger partial charge >= 0.3 is 11.6 Å². The molecule has 0 fully saturated rings. The third-order valence-corrected chi connectivity index (χ3v) is 2.28. The molecule has 1 N–H and O–H groups in total. The molecule has 0 spiro atoms. The van der Waals surface area contributed by atoms with Crippen LogP contribution in [0.15, 0.2) is 26.7 Å². The van der Waals surface area contributed by atoms with Crippen LogP contribution in [0, 0.1) is 0 Å². The summed E-state index contributed by atoms with van der Waals surface area (Å²) in [7, 11) is 0. The number of fused-ring (bicyclic) bond motifs is 1. The number of aromatic hydroxyl groups is 1. The molecule has 0 amide bonds. The SMILES string of the molecule is O=c1cc2ccsc2c(O)o1. The average Bonchev–Trinajstić information content (AvgIpc) is 2.34. The van der Waals surface area contributed by atoms with Crippen LogP contribution in [-0.2, 0) is 0 Å². The maximum absolute atomic E-state index is 10.7. The molecular weight excluding hydrogens is 164 g/mol. The quantitative estimate of drug-likeness (QED) is 0.649. The summed E-state index contributed by atoms with van der Waals surface area (Å²) < 4.78 is 5.07. The van der Waals surface area contributed by atoms with Gasteiger partial charge < -0.3 is 9.52 Å². The van der Waals surface area contributed by atoms with Gasteiger partial charge in [-0.05, 0) is 11.4 Å². The molecule has 0 saturated heterocycles. The zero-order valence-corrected chi connectivity index (χ0v) is 6.22. The van der Waals surface area contributed by atoms with Crippen molar-refractivity contribution in [3.05, 3.63) is 27.9 Å². The van der Waals surface area contributed by atoms with E-state index in [2.05, 4.69) is 4.42 Å². The molecule has 0 bridgehead atoms. The standard InChI is InChI=1S/C7H4O3S/c8-5-3-4-1-2-11-6(4)7(9)10-5/h1-3,9H. The van der Waals surface area contributed by atoms with E-state index in [4.69, 9.17) is 5.11 Å². The van der Waals surface area contributed by atoms with Gasteiger partial charge in [0.15, 0.2) is 0 Å². The molecule has 2 aromatic heterocycles. The molecule has 0 saturated carbocycles. The molecular formula is C7H4O3S. The van der Waals surface area contributed by atoms with Crippen molar-refractivity contribution in [3.8, 4) is 5.95 Å². The second kappa shape index (κ2) is 2.10. The first-order valence-electron chi connectivity index (χ1n) is 2.98. The number of hydrogen-bond donors (Lipinski definition) is 1. The van der Waals surface area contributed by atoms with Crippen LogP contribution in [-0.4, -0.2) is 5.11 Å². The van der Waals surface area contributed by atoms with Crippen LogP contribution < -0.4 is 5.63 Å². The summed E-state index contributed by atoms with van der Waals surface area (Å²) in [6.07, 6.45) is 0. The molecule has 0 aliphatic rings. The zero-order chi connectivity index (χ0) is 7.84. The monoisotopic (exact) mass is 168 g/mol. The van der Waals surface area contributed by atoms with Gasteiger partial charge in [-0.2, -0.15) is 0 Å². The van der Waals surface area contributed by atoms with Gasteiger partial charge in [0.25, 0.3) is 0 Å². The molecule has 0 radical (unpaired) electrons. The summed E-state index contributed by atoms with van der Waals surface area (Å²) >= 11 is 1.34. The summed E-state index contributed by atoms with van der Waals surface area (Å²) in [5.74, 6) is -0.289. The minimum Gasteiger partial charge on any atom is -0.480 e. The topological polar surface area (TPSA) is 50.4 Å². The van der Waals surface area contributed by atoms with Crippen molar-refractivity contribution in [3.63, 3.8) is 0 Å². The Kier molecular flexibility index (Phi) is 1.22. The maximum atomic E-state index is 10.7. The lowest BCUT2D eigenvalue weighted by Gasteiger charge is -1.89. The predicted octanol–water partition coefficient (Wildman–Crippen LogP) is 1.56. The summed E-state index contributed by atoms with van der Waals surface area (Å²) in [4.78, 5) is 10.7. The fourth-order valence-corrected chi connectivity index (χ4v) is 1.66. The van der Waals surface area contributed by atoms with Crippen molar-refractivity contribution in [2.45, 2.75) is 0 Å². The van der Waals surface area contributed by atoms with E-state index in [0.717, 1.165) is 5.39 Å². The third kappa shape index (κ3) is 0.914. The van der Waals surface area contributed by atoms with Crippen LogP contribution in [0.3, 0.4) is 0 Å². The maximum Gasteiger partial charge on any atom is 0.339 e. The van der Waals surface area contributed by atoms with Crippen molar-refractivity contribution in [1.29, 1.82) is 0 Å². The number of hydrogen-bond acceptors (Lipinski definition) is 4. The largest absolute Gasteiger partial charge is 0.480 e. The first-order chi connectivity index (χ1) is 5.27. The Morgan fingerprint density at radius 2 is 2.36 bits per heavy atom. The van der Waals surface area contributed by atoms with Crippen molar-refractivity contribution >= 4 is 21.4 Å². The van der Waals surface area contributed by atoms with Crippen molar-refractivity contribution in [2.24, 2.45) is 0 Å². The molecule has 4 heteroatoms. The van der Waals surface area contributed by atoms with Gasteiger partial charge in [0, 0.05) is 11.5 Å². The van der Waals surface area contributed by atoms with E-state index in [1.165, 1.54) is 17.4 Å². The Hall–Kier alpha value is -1.29. The van der Waals surface area contributed by atoms with E-state index >= 15 is 0 Å². The first-order valence-corrected chi connectivity index (χ1v) is 3.85. The van der Waals surface area contributed by atoms with E-state index in [0.29, 0.717) is 4.70 Å². The summed E-state index contributed by atoms with van der Waals surface area (Å²) in [6, 6.07) is 3.11. The van der Waals surface area contributed by atoms with Crippen LogP contribution >= 0.6 is 11.3 Å². The molecule has 0 aliphatic carbocycles. The lowest BCUT2D eigenvalue weighted by atomic mass is 10.3. The Morgan fingerprint density at radius 3 is 3.18 bits per heavy atom. The summed E-state index contributed by atoms with van der Waals surface area (Å²) in [5.41, 5.74) is -0.520. The fraction of sp³-hybridized carbons (Fsp3) is 0. The Bertz CT molecular complexity index is 440. The molecule has 3 nitrogen and oxygen atoms in total. The highest BCUT2D eigenvalue weighted by atomic mass is 32.1. The molecule has 11 heavy (non-hydrogen) atoms. The van der Waals surface area contributed by atoms with Gasteiger partial charge in [0.1, 0.15) is 4.70 Å². The van der Waals surface area contributed by atoms with E-state index in [1.54, 1.807) is 11.4 Å². The van der Waals surface area contributed by atoms with Crippen LogP contribution in [0.5, 0.6) is 5.95 Å². The van der Waals surface area contributed by atoms with Gasteiger partial charge in [0.05, 0.1) is 0 Å². The Balaban J connectivity index is 3.02. The smallest absolute Gasteiger partial charge is 0.339 e. The minimum absolute atomic E-state index is 0.289. The zero-order valence-electron chi connectivity index (χ0n) is 5.40. The van der Waals surface area contributed by atoms with Gasteiger partial charge in [-0.1, -0.05) is 0 Å². The van der Waals surface area contributed by atoms with Gasteiger partial charge in [-0.15, -0.1) is 11.3 Å². The second-order valence-corrected chi connectivity index (χ2v) is 2.99. The predicted molar refractivity (Wildman–Crippen MR) is 42.0 cm³/mol. The number of rotatable bonds is 0. The normalized spacial score (nSPS) is 10.5. The fourth-order valence-electron chi connectivity index (χ4n) is 0.905. The average molecular weight is 168 g/mol. The van der Waals surface area contributed by atoms with Crippen molar-refractivity contribution < 1.29 is 9.52 Å². The van der Waals surface area contributed by atoms with E-state index < -0.39 is 5.63 Å². The van der Waals surface area contributed by atoms with Gasteiger partial charge in [-0.3, -0.25) is 0 Å². The highest BCUT2D eigenvalue weighted by molar-refractivity contribution is 7.17. The Labute approximate surface area is 65.5 Å². The van der Waals surface area contributed by atoms with Gasteiger partial charge in [0.2, 0.25) is 0 Å². The molecule has 0 atom stereocenters. The lowest BCUT2D eigenvalue weighted by molar-refractivity contribution is 0.318. The molecule has 2 aromatic rings. The van der Waals surface area contributed by atoms with Crippen molar-refractivity contribution in [1.82, 2.24) is 0 Å². The minimum atomic E-state index is -0.520. The summed E-state index contributed by atoms with van der Waals surface area (Å²) in [5, 5.41) is 11.6. The van der Waals surface area contributed by atoms with Crippen LogP contribution in [0.1, 0.15) is 0 Å². The molecule has 0 unspecified atom stereocenters. The molecule has 56 valence electrons. The van der Waals surface area contributed by atoms with Crippen LogP contribution in [0.4, 0.5) is 0 Å². The van der Waals surface area contributed by atoms with Crippen molar-refractivity contribution in [2.75, 3.05) is 0 Å². The second-order valence-electron chi connectivity index (χ2n) is 2.08. The van der Waals surface area contributed by atoms with E-state index in [1.807, 2.05) is 0 Å². The number of thiophene rings is 1. The van der Waals surface area contributed by atoms with E-state index in [9.17, 15) is 4.79 Å². The summed E-state index contributed by atoms with van der Waals surface area (Å²) in [6.45, 7) is 0. The Morgan fingerprint density at radius 1 is 1.55 bits per heavy atom. The molecule has 0 aliphatic heterocycles. The van der Waals surface area contributed by atoms with Crippen LogP contribution in [0.25, 0.3) is 10.1 Å². The highest BCUT2D eigenvalue weighted by Gasteiger charge is 2.03. The van der Waals surface area contributed by atoms with Gasteiger partial charge in [-0.25, -0.2) is 4.79 Å². The molecule has 2 heterocycles. The lowest BCUT2D eigenvalue weighted by Crippen LogP contribution is -1.93. The highest BCUT2D eigenvalue weighted by Crippen LogP contribution is 2.27.